The molecule has 3 aliphatic rings. The lowest BCUT2D eigenvalue weighted by Crippen LogP contribution is -2.45. The third-order valence-electron chi connectivity index (χ3n) is 5.76. The molecule has 15 heavy (non-hydrogen) atoms. The Bertz CT molecular complexity index is 339. The van der Waals surface area contributed by atoms with Crippen molar-refractivity contribution in [3.8, 4) is 0 Å². The first-order valence-electron chi connectivity index (χ1n) is 5.96. The Morgan fingerprint density at radius 1 is 1.33 bits per heavy atom. The van der Waals surface area contributed by atoms with E-state index in [1.807, 2.05) is 11.8 Å². The first kappa shape index (κ1) is 10.6. The van der Waals surface area contributed by atoms with Gasteiger partial charge in [0.05, 0.1) is 4.08 Å². The minimum atomic E-state index is -0.579. The van der Waals surface area contributed by atoms with Crippen molar-refractivity contribution in [2.24, 2.45) is 16.7 Å². The highest BCUT2D eigenvalue weighted by Gasteiger charge is 2.72. The molecule has 86 valence electrons. The van der Waals surface area contributed by atoms with E-state index < -0.39 is 10.8 Å². The average Bonchev–Trinajstić information content (AvgIpc) is 2.67. The van der Waals surface area contributed by atoms with Crippen LogP contribution in [-0.4, -0.2) is 19.8 Å². The molecule has 1 spiro atoms. The van der Waals surface area contributed by atoms with Gasteiger partial charge in [0.15, 0.2) is 0 Å². The van der Waals surface area contributed by atoms with E-state index in [0.29, 0.717) is 10.8 Å². The van der Waals surface area contributed by atoms with Crippen LogP contribution in [0.2, 0.25) is 0 Å². The van der Waals surface area contributed by atoms with E-state index in [1.54, 1.807) is 0 Å². The molecule has 2 aliphatic carbocycles. The fraction of sp³-hybridized carbons (Fsp3) is 1.00. The van der Waals surface area contributed by atoms with Crippen LogP contribution in [0.4, 0.5) is 0 Å². The van der Waals surface area contributed by atoms with Crippen molar-refractivity contribution in [1.29, 1.82) is 0 Å². The van der Waals surface area contributed by atoms with Gasteiger partial charge in [0.1, 0.15) is 0 Å². The summed E-state index contributed by atoms with van der Waals surface area (Å²) in [5, 5.41) is 0. The van der Waals surface area contributed by atoms with E-state index in [1.165, 1.54) is 19.3 Å². The van der Waals surface area contributed by atoms with Crippen LogP contribution in [0.15, 0.2) is 0 Å². The monoisotopic (exact) mass is 244 g/mol. The van der Waals surface area contributed by atoms with Crippen LogP contribution < -0.4 is 0 Å². The first-order valence-corrected chi connectivity index (χ1v) is 8.27. The van der Waals surface area contributed by atoms with Crippen molar-refractivity contribution in [3.05, 3.63) is 0 Å². The Hall–Kier alpha value is 0.500. The van der Waals surface area contributed by atoms with Crippen LogP contribution in [0, 0.1) is 16.7 Å². The van der Waals surface area contributed by atoms with Crippen molar-refractivity contribution in [3.63, 3.8) is 0 Å². The number of thioether (sulfide) groups is 1. The van der Waals surface area contributed by atoms with Gasteiger partial charge < -0.3 is 0 Å². The molecule has 1 heterocycles. The van der Waals surface area contributed by atoms with Gasteiger partial charge in [0.25, 0.3) is 0 Å². The topological polar surface area (TPSA) is 17.1 Å². The highest BCUT2D eigenvalue weighted by atomic mass is 32.2. The summed E-state index contributed by atoms with van der Waals surface area (Å²) in [6.45, 7) is 7.24. The average molecular weight is 244 g/mol. The smallest absolute Gasteiger partial charge is 0.0970 e. The molecular formula is C12H20OS2. The minimum Gasteiger partial charge on any atom is -0.258 e. The molecule has 4 atom stereocenters. The van der Waals surface area contributed by atoms with Crippen LogP contribution >= 0.6 is 11.8 Å². The molecule has 1 aliphatic heterocycles. The molecule has 3 fully saturated rings. The van der Waals surface area contributed by atoms with Crippen LogP contribution in [0.1, 0.15) is 40.0 Å². The summed E-state index contributed by atoms with van der Waals surface area (Å²) in [6, 6.07) is 0. The van der Waals surface area contributed by atoms with E-state index in [0.717, 1.165) is 17.4 Å². The molecule has 0 amide bonds. The van der Waals surface area contributed by atoms with E-state index in [4.69, 9.17) is 0 Å². The standard InChI is InChI=1S/C12H20OS2/c1-10(2)9-4-5-11(10,3)12(8-9)14-6-7-15(12)13/h9H,4-8H2,1-3H3/t9-,11-,12+,15-/m1/s1. The summed E-state index contributed by atoms with van der Waals surface area (Å²) in [5.74, 6) is 2.87. The second-order valence-electron chi connectivity index (χ2n) is 6.14. The Morgan fingerprint density at radius 3 is 2.47 bits per heavy atom. The summed E-state index contributed by atoms with van der Waals surface area (Å²) in [6.07, 6.45) is 3.88. The van der Waals surface area contributed by atoms with E-state index in [-0.39, 0.29) is 4.08 Å². The maximum atomic E-state index is 12.4. The van der Waals surface area contributed by atoms with Crippen LogP contribution in [-0.2, 0) is 10.8 Å². The Labute approximate surface area is 99.2 Å². The second kappa shape index (κ2) is 2.84. The molecular weight excluding hydrogens is 224 g/mol. The number of hydrogen-bond acceptors (Lipinski definition) is 2. The van der Waals surface area contributed by atoms with E-state index in [9.17, 15) is 4.21 Å². The molecule has 1 nitrogen and oxygen atoms in total. The van der Waals surface area contributed by atoms with Gasteiger partial charge >= 0.3 is 0 Å². The van der Waals surface area contributed by atoms with E-state index >= 15 is 0 Å². The molecule has 0 radical (unpaired) electrons. The van der Waals surface area contributed by atoms with Crippen molar-refractivity contribution in [2.75, 3.05) is 11.5 Å². The van der Waals surface area contributed by atoms with Crippen LogP contribution in [0.3, 0.4) is 0 Å². The molecule has 1 saturated heterocycles. The van der Waals surface area contributed by atoms with Gasteiger partial charge in [-0.2, -0.15) is 0 Å². The first-order chi connectivity index (χ1) is 6.94. The maximum Gasteiger partial charge on any atom is 0.0970 e. The third kappa shape index (κ3) is 0.963. The number of hydrogen-bond donors (Lipinski definition) is 0. The lowest BCUT2D eigenvalue weighted by atomic mass is 9.70. The number of fused-ring (bicyclic) bond motifs is 3. The maximum absolute atomic E-state index is 12.4. The highest BCUT2D eigenvalue weighted by Crippen LogP contribution is 2.75. The van der Waals surface area contributed by atoms with Gasteiger partial charge in [-0.25, -0.2) is 0 Å². The van der Waals surface area contributed by atoms with Gasteiger partial charge in [0.2, 0.25) is 0 Å². The quantitative estimate of drug-likeness (QED) is 0.651. The van der Waals surface area contributed by atoms with Crippen molar-refractivity contribution in [1.82, 2.24) is 0 Å². The van der Waals surface area contributed by atoms with Crippen LogP contribution in [0.25, 0.3) is 0 Å². The summed E-state index contributed by atoms with van der Waals surface area (Å²) >= 11 is 2.02. The lowest BCUT2D eigenvalue weighted by Gasteiger charge is -2.44. The molecule has 2 saturated carbocycles. The van der Waals surface area contributed by atoms with Gasteiger partial charge in [-0.1, -0.05) is 20.8 Å². The lowest BCUT2D eigenvalue weighted by molar-refractivity contribution is 0.148. The summed E-state index contributed by atoms with van der Waals surface area (Å²) < 4.78 is 12.5. The molecule has 0 N–H and O–H groups in total. The molecule has 2 bridgehead atoms. The van der Waals surface area contributed by atoms with Gasteiger partial charge in [-0.05, 0) is 36.0 Å². The second-order valence-corrected chi connectivity index (χ2v) is 9.59. The Morgan fingerprint density at radius 2 is 2.07 bits per heavy atom. The fourth-order valence-electron chi connectivity index (χ4n) is 4.26. The number of rotatable bonds is 0. The predicted octanol–water partition coefficient (Wildman–Crippen LogP) is 3.02. The molecule has 0 aromatic rings. The largest absolute Gasteiger partial charge is 0.258 e. The van der Waals surface area contributed by atoms with Gasteiger partial charge in [-0.15, -0.1) is 11.8 Å². The zero-order valence-electron chi connectivity index (χ0n) is 9.84. The zero-order valence-corrected chi connectivity index (χ0v) is 11.5. The van der Waals surface area contributed by atoms with Gasteiger partial charge in [-0.3, -0.25) is 4.21 Å². The Kier molecular flexibility index (Phi) is 2.02. The van der Waals surface area contributed by atoms with E-state index in [2.05, 4.69) is 20.8 Å². The predicted molar refractivity (Wildman–Crippen MR) is 67.4 cm³/mol. The Balaban J connectivity index is 2.12. The highest BCUT2D eigenvalue weighted by molar-refractivity contribution is 8.15. The molecule has 0 unspecified atom stereocenters. The molecule has 0 aromatic heterocycles. The van der Waals surface area contributed by atoms with Crippen molar-refractivity contribution >= 4 is 22.6 Å². The summed E-state index contributed by atoms with van der Waals surface area (Å²) in [4.78, 5) is 0. The molecule has 0 aromatic carbocycles. The SMILES string of the molecule is CC1(C)[C@@H]2CC[C@@]1(C)[C@@]1(C2)SCC[S@]1=O. The zero-order chi connectivity index (χ0) is 10.9. The fourth-order valence-corrected chi connectivity index (χ4v) is 9.14. The normalized spacial score (nSPS) is 56.7. The van der Waals surface area contributed by atoms with Crippen LogP contribution in [0.5, 0.6) is 0 Å². The molecule has 3 heteroatoms. The summed E-state index contributed by atoms with van der Waals surface area (Å²) in [5.41, 5.74) is 0.719. The minimum absolute atomic E-state index is 0.124. The molecule has 3 rings (SSSR count). The third-order valence-corrected chi connectivity index (χ3v) is 10.4. The van der Waals surface area contributed by atoms with Gasteiger partial charge in [0, 0.05) is 22.3 Å². The summed E-state index contributed by atoms with van der Waals surface area (Å²) in [7, 11) is -0.579. The van der Waals surface area contributed by atoms with Crippen molar-refractivity contribution < 1.29 is 4.21 Å². The van der Waals surface area contributed by atoms with Crippen molar-refractivity contribution in [2.45, 2.75) is 44.1 Å².